The number of nitrogens with one attached hydrogen (secondary N) is 1. The third-order valence-corrected chi connectivity index (χ3v) is 4.23. The zero-order chi connectivity index (χ0) is 19.9. The van der Waals surface area contributed by atoms with Crippen LogP contribution in [0.4, 0.5) is 5.69 Å². The monoisotopic (exact) mass is 377 g/mol. The molecule has 0 saturated heterocycles. The maximum Gasteiger partial charge on any atom is 0.187 e. The van der Waals surface area contributed by atoms with Crippen molar-refractivity contribution in [2.75, 3.05) is 26.3 Å². The molecule has 0 fully saturated rings. The molecule has 0 aliphatic heterocycles. The van der Waals surface area contributed by atoms with Crippen molar-refractivity contribution in [3.05, 3.63) is 65.5 Å². The minimum absolute atomic E-state index is 0.634. The van der Waals surface area contributed by atoms with E-state index in [1.165, 1.54) is 6.42 Å². The van der Waals surface area contributed by atoms with Crippen molar-refractivity contribution < 1.29 is 9.47 Å². The van der Waals surface area contributed by atoms with E-state index in [0.717, 1.165) is 50.3 Å². The molecule has 0 bridgehead atoms. The zero-order valence-corrected chi connectivity index (χ0v) is 16.2. The first-order valence-electron chi connectivity index (χ1n) is 9.76. The van der Waals surface area contributed by atoms with Crippen LogP contribution in [0, 0.1) is 17.9 Å². The van der Waals surface area contributed by atoms with Gasteiger partial charge >= 0.3 is 0 Å². The van der Waals surface area contributed by atoms with Gasteiger partial charge in [0.1, 0.15) is 11.5 Å². The maximum absolute atomic E-state index is 8.76. The standard InChI is InChI=1S/C23H27N3O2/c1-25-21-9-13-23(14-10-21)28-18-6-16-26-15-4-2-3-5-17-27-22-11-7-20(19-24)8-12-22/h7-14,26H,2-6,15-18H2. The molecule has 146 valence electrons. The summed E-state index contributed by atoms with van der Waals surface area (Å²) in [7, 11) is 0. The average Bonchev–Trinajstić information content (AvgIpc) is 2.75. The van der Waals surface area contributed by atoms with Crippen LogP contribution in [0.1, 0.15) is 37.7 Å². The highest BCUT2D eigenvalue weighted by Gasteiger charge is 1.97. The van der Waals surface area contributed by atoms with E-state index >= 15 is 0 Å². The maximum atomic E-state index is 8.76. The summed E-state index contributed by atoms with van der Waals surface area (Å²) in [6.45, 7) is 10.3. The number of hydrogen-bond donors (Lipinski definition) is 1. The normalized spacial score (nSPS) is 10.1. The van der Waals surface area contributed by atoms with Crippen molar-refractivity contribution in [3.63, 3.8) is 0 Å². The van der Waals surface area contributed by atoms with E-state index in [1.807, 2.05) is 24.3 Å². The molecule has 5 nitrogen and oxygen atoms in total. The lowest BCUT2D eigenvalue weighted by Crippen LogP contribution is -2.18. The quantitative estimate of drug-likeness (QED) is 0.389. The van der Waals surface area contributed by atoms with E-state index in [9.17, 15) is 0 Å². The molecule has 0 heterocycles. The highest BCUT2D eigenvalue weighted by atomic mass is 16.5. The highest BCUT2D eigenvalue weighted by molar-refractivity contribution is 5.46. The van der Waals surface area contributed by atoms with Gasteiger partial charge in [0, 0.05) is 0 Å². The second kappa shape index (κ2) is 13.2. The van der Waals surface area contributed by atoms with Crippen LogP contribution in [0.5, 0.6) is 11.5 Å². The van der Waals surface area contributed by atoms with E-state index < -0.39 is 0 Å². The summed E-state index contributed by atoms with van der Waals surface area (Å²) in [5.41, 5.74) is 1.29. The van der Waals surface area contributed by atoms with Gasteiger partial charge in [-0.25, -0.2) is 4.85 Å². The Morgan fingerprint density at radius 3 is 2.00 bits per heavy atom. The molecule has 28 heavy (non-hydrogen) atoms. The molecule has 2 aromatic rings. The molecule has 2 rings (SSSR count). The summed E-state index contributed by atoms with van der Waals surface area (Å²) in [5, 5.41) is 12.2. The van der Waals surface area contributed by atoms with Crippen LogP contribution in [-0.4, -0.2) is 26.3 Å². The van der Waals surface area contributed by atoms with Crippen LogP contribution in [-0.2, 0) is 0 Å². The van der Waals surface area contributed by atoms with Gasteiger partial charge < -0.3 is 14.8 Å². The molecule has 0 aliphatic rings. The fourth-order valence-electron chi connectivity index (χ4n) is 2.65. The van der Waals surface area contributed by atoms with Gasteiger partial charge in [0.2, 0.25) is 0 Å². The topological polar surface area (TPSA) is 58.6 Å². The van der Waals surface area contributed by atoms with Crippen molar-refractivity contribution >= 4 is 5.69 Å². The molecule has 5 heteroatoms. The van der Waals surface area contributed by atoms with Crippen molar-refractivity contribution in [1.82, 2.24) is 5.32 Å². The second-order valence-electron chi connectivity index (χ2n) is 6.46. The van der Waals surface area contributed by atoms with Gasteiger partial charge in [-0.2, -0.15) is 5.26 Å². The lowest BCUT2D eigenvalue weighted by atomic mass is 10.2. The summed E-state index contributed by atoms with van der Waals surface area (Å²) in [4.78, 5) is 3.36. The molecule has 0 saturated carbocycles. The molecule has 2 aromatic carbocycles. The van der Waals surface area contributed by atoms with E-state index in [2.05, 4.69) is 16.2 Å². The van der Waals surface area contributed by atoms with E-state index in [1.54, 1.807) is 24.3 Å². The van der Waals surface area contributed by atoms with Crippen molar-refractivity contribution in [2.24, 2.45) is 0 Å². The lowest BCUT2D eigenvalue weighted by Gasteiger charge is -2.08. The summed E-state index contributed by atoms with van der Waals surface area (Å²) in [6, 6.07) is 16.6. The molecule has 0 radical (unpaired) electrons. The van der Waals surface area contributed by atoms with Gasteiger partial charge in [-0.3, -0.25) is 0 Å². The van der Waals surface area contributed by atoms with Crippen molar-refractivity contribution in [2.45, 2.75) is 32.1 Å². The molecule has 0 unspecified atom stereocenters. The molecule has 0 amide bonds. The second-order valence-corrected chi connectivity index (χ2v) is 6.46. The fourth-order valence-corrected chi connectivity index (χ4v) is 2.65. The number of rotatable bonds is 13. The molecular weight excluding hydrogens is 350 g/mol. The lowest BCUT2D eigenvalue weighted by molar-refractivity contribution is 0.303. The number of nitrogens with zero attached hydrogens (tertiary/aromatic N) is 2. The number of ether oxygens (including phenoxy) is 2. The summed E-state index contributed by atoms with van der Waals surface area (Å²) in [6.07, 6.45) is 5.51. The van der Waals surface area contributed by atoms with Gasteiger partial charge in [-0.15, -0.1) is 0 Å². The number of benzene rings is 2. The molecule has 0 aliphatic carbocycles. The van der Waals surface area contributed by atoms with Gasteiger partial charge in [0.05, 0.1) is 31.4 Å². The number of nitriles is 1. The first-order valence-corrected chi connectivity index (χ1v) is 9.76. The molecule has 1 N–H and O–H groups in total. The third kappa shape index (κ3) is 8.58. The van der Waals surface area contributed by atoms with Crippen molar-refractivity contribution in [1.29, 1.82) is 5.26 Å². The first kappa shape index (κ1) is 21.3. The van der Waals surface area contributed by atoms with E-state index in [0.29, 0.717) is 24.5 Å². The summed E-state index contributed by atoms with van der Waals surface area (Å²) < 4.78 is 11.3. The Labute approximate surface area is 167 Å². The van der Waals surface area contributed by atoms with Crippen molar-refractivity contribution in [3.8, 4) is 17.6 Å². The van der Waals surface area contributed by atoms with E-state index in [4.69, 9.17) is 21.3 Å². The Hall–Kier alpha value is -3.02. The molecule has 0 spiro atoms. The predicted molar refractivity (Wildman–Crippen MR) is 111 cm³/mol. The largest absolute Gasteiger partial charge is 0.494 e. The third-order valence-electron chi connectivity index (χ3n) is 4.23. The molecular formula is C23H27N3O2. The fraction of sp³-hybridized carbons (Fsp3) is 0.391. The van der Waals surface area contributed by atoms with Crippen LogP contribution in [0.2, 0.25) is 0 Å². The Kier molecular flexibility index (Phi) is 10.0. The Morgan fingerprint density at radius 1 is 0.786 bits per heavy atom. The summed E-state index contributed by atoms with van der Waals surface area (Å²) >= 11 is 0. The Bertz CT molecular complexity index is 691. The Balaban J connectivity index is 1.37. The van der Waals surface area contributed by atoms with Crippen LogP contribution < -0.4 is 14.8 Å². The highest BCUT2D eigenvalue weighted by Crippen LogP contribution is 2.17. The number of hydrogen-bond acceptors (Lipinski definition) is 4. The van der Waals surface area contributed by atoms with Gasteiger partial charge in [-0.05, 0) is 68.8 Å². The minimum Gasteiger partial charge on any atom is -0.494 e. The zero-order valence-electron chi connectivity index (χ0n) is 16.2. The van der Waals surface area contributed by atoms with Crippen LogP contribution in [0.15, 0.2) is 48.5 Å². The number of unbranched alkanes of at least 4 members (excludes halogenated alkanes) is 3. The minimum atomic E-state index is 0.634. The predicted octanol–water partition coefficient (Wildman–Crippen LogP) is 5.11. The first-order chi connectivity index (χ1) is 13.8. The van der Waals surface area contributed by atoms with E-state index in [-0.39, 0.29) is 0 Å². The van der Waals surface area contributed by atoms with Gasteiger partial charge in [-0.1, -0.05) is 25.0 Å². The van der Waals surface area contributed by atoms with Gasteiger partial charge in [0.25, 0.3) is 0 Å². The summed E-state index contributed by atoms with van der Waals surface area (Å²) in [5.74, 6) is 1.64. The van der Waals surface area contributed by atoms with Crippen LogP contribution >= 0.6 is 0 Å². The van der Waals surface area contributed by atoms with Crippen LogP contribution in [0.25, 0.3) is 4.85 Å². The Morgan fingerprint density at radius 2 is 1.36 bits per heavy atom. The molecule has 0 atom stereocenters. The SMILES string of the molecule is [C-]#[N+]c1ccc(OCCCNCCCCCCOc2ccc(C#N)cc2)cc1. The molecule has 0 aromatic heterocycles. The average molecular weight is 377 g/mol. The smallest absolute Gasteiger partial charge is 0.187 e. The van der Waals surface area contributed by atoms with Crippen LogP contribution in [0.3, 0.4) is 0 Å². The van der Waals surface area contributed by atoms with Gasteiger partial charge in [0.15, 0.2) is 5.69 Å².